The number of fused-ring (bicyclic) bond motifs is 1. The minimum atomic E-state index is -1.53. The van der Waals surface area contributed by atoms with Crippen molar-refractivity contribution in [2.75, 3.05) is 13.2 Å². The number of carboxylic acids is 1. The van der Waals surface area contributed by atoms with E-state index in [2.05, 4.69) is 20.6 Å². The Bertz CT molecular complexity index is 1410. The van der Waals surface area contributed by atoms with Gasteiger partial charge in [0.2, 0.25) is 5.91 Å². The van der Waals surface area contributed by atoms with Gasteiger partial charge in [0, 0.05) is 24.8 Å². The molecule has 7 rings (SSSR count). The first-order chi connectivity index (χ1) is 21.0. The van der Waals surface area contributed by atoms with Crippen LogP contribution in [-0.4, -0.2) is 85.4 Å². The number of nitrogens with zero attached hydrogens (tertiary/aromatic N) is 3. The van der Waals surface area contributed by atoms with Gasteiger partial charge in [-0.15, -0.1) is 0 Å². The predicted molar refractivity (Wildman–Crippen MR) is 163 cm³/mol. The molecule has 1 aromatic carbocycles. The lowest BCUT2D eigenvalue weighted by molar-refractivity contribution is -0.155. The van der Waals surface area contributed by atoms with Crippen LogP contribution in [-0.2, 0) is 25.5 Å². The number of ether oxygens (including phenoxy) is 1. The molecule has 4 aliphatic carbocycles. The number of nitrogens with two attached hydrogens (primary N) is 1. The number of aromatic amines is 1. The molecule has 3 atom stereocenters. The third-order valence-corrected chi connectivity index (χ3v) is 9.95. The first-order valence-electron chi connectivity index (χ1n) is 15.3. The number of aliphatic carboxylic acids is 1. The number of carbonyl (C=O) groups excluding carboxylic acids is 3. The Morgan fingerprint density at radius 3 is 2.48 bits per heavy atom. The number of para-hydroxylation sites is 2. The second kappa shape index (κ2) is 12.0. The molecule has 5 aliphatic rings. The van der Waals surface area contributed by atoms with Crippen molar-refractivity contribution < 1.29 is 29.0 Å². The zero-order chi connectivity index (χ0) is 31.2. The van der Waals surface area contributed by atoms with Crippen LogP contribution < -0.4 is 16.4 Å². The number of hydrazine groups is 1. The number of aromatic nitrogens is 2. The maximum Gasteiger partial charge on any atom is 0.407 e. The van der Waals surface area contributed by atoms with Crippen LogP contribution in [0, 0.1) is 23.2 Å². The van der Waals surface area contributed by atoms with Gasteiger partial charge in [0.05, 0.1) is 24.2 Å². The van der Waals surface area contributed by atoms with Gasteiger partial charge in [-0.05, 0) is 87.1 Å². The molecule has 3 amide bonds. The molecule has 44 heavy (non-hydrogen) atoms. The zero-order valence-electron chi connectivity index (χ0n) is 24.7. The maximum absolute atomic E-state index is 13.4. The number of imidazole rings is 1. The molecule has 4 bridgehead atoms. The first-order valence-corrected chi connectivity index (χ1v) is 15.7. The van der Waals surface area contributed by atoms with Gasteiger partial charge in [-0.1, -0.05) is 12.1 Å². The molecular weight excluding hydrogens is 586 g/mol. The number of hydrogen-bond acceptors (Lipinski definition) is 8. The molecule has 6 N–H and O–H groups in total. The molecule has 2 aromatic rings. The van der Waals surface area contributed by atoms with E-state index in [1.165, 1.54) is 26.2 Å². The number of carbonyl (C=O) groups is 4. The van der Waals surface area contributed by atoms with Crippen molar-refractivity contribution in [3.05, 3.63) is 30.1 Å². The topological polar surface area (TPSA) is 183 Å². The summed E-state index contributed by atoms with van der Waals surface area (Å²) in [4.78, 5) is 58.8. The Labute approximate surface area is 260 Å². The number of alkyl carbamates (subject to hydrolysis) is 1. The van der Waals surface area contributed by atoms with E-state index in [1.807, 2.05) is 24.3 Å². The van der Waals surface area contributed by atoms with E-state index in [-0.39, 0.29) is 23.6 Å². The lowest BCUT2D eigenvalue weighted by Gasteiger charge is -2.56. The van der Waals surface area contributed by atoms with Gasteiger partial charge in [-0.3, -0.25) is 9.59 Å². The van der Waals surface area contributed by atoms with Crippen LogP contribution in [0.2, 0.25) is 0 Å². The summed E-state index contributed by atoms with van der Waals surface area (Å²) in [7, 11) is 0. The van der Waals surface area contributed by atoms with Crippen molar-refractivity contribution in [3.63, 3.8) is 0 Å². The number of benzene rings is 1. The maximum atomic E-state index is 13.4. The normalized spacial score (nSPS) is 28.5. The van der Waals surface area contributed by atoms with E-state index < -0.39 is 48.5 Å². The van der Waals surface area contributed by atoms with E-state index in [0.717, 1.165) is 40.3 Å². The molecule has 5 fully saturated rings. The summed E-state index contributed by atoms with van der Waals surface area (Å²) in [5.74, 6) is 0.189. The van der Waals surface area contributed by atoms with Gasteiger partial charge in [-0.2, -0.15) is 5.01 Å². The standard InChI is InChI=1S/C30H39N7O6S/c1-16(38)36(14-24(27(40)41)35-29(42)43-15-30-11-17-6-18(12-30)8-19(7-17)13-30)37-26(39)23(34-28(37)44)9-20(31)10-25-32-21-4-2-3-5-22(21)33-25/h2-5,17-20,23-24H,6-15,31H2,1H3,(H,32,33)(H,34,44)(H,35,42)(H,40,41)/t17?,18?,19?,20?,23-,24-,30?/m0/s1. The van der Waals surface area contributed by atoms with Gasteiger partial charge in [0.1, 0.15) is 17.9 Å². The molecule has 0 radical (unpaired) electrons. The fourth-order valence-corrected chi connectivity index (χ4v) is 8.55. The van der Waals surface area contributed by atoms with Crippen molar-refractivity contribution >= 4 is 52.2 Å². The van der Waals surface area contributed by atoms with Gasteiger partial charge in [0.25, 0.3) is 5.91 Å². The molecule has 4 saturated carbocycles. The van der Waals surface area contributed by atoms with Crippen LogP contribution >= 0.6 is 12.2 Å². The van der Waals surface area contributed by atoms with Crippen molar-refractivity contribution in [3.8, 4) is 0 Å². The number of amides is 3. The lowest BCUT2D eigenvalue weighted by atomic mass is 9.50. The average Bonchev–Trinajstić information content (AvgIpc) is 3.47. The molecule has 0 spiro atoms. The smallest absolute Gasteiger partial charge is 0.407 e. The number of nitrogens with one attached hydrogen (secondary N) is 3. The predicted octanol–water partition coefficient (Wildman–Crippen LogP) is 2.07. The summed E-state index contributed by atoms with van der Waals surface area (Å²) in [5, 5.41) is 17.0. The molecule has 236 valence electrons. The second-order valence-corrected chi connectivity index (χ2v) is 13.6. The molecule has 14 heteroatoms. The summed E-state index contributed by atoms with van der Waals surface area (Å²) in [6.45, 7) is 0.920. The number of hydrogen-bond donors (Lipinski definition) is 5. The fourth-order valence-electron chi connectivity index (χ4n) is 8.22. The second-order valence-electron chi connectivity index (χ2n) is 13.2. The van der Waals surface area contributed by atoms with Gasteiger partial charge in [-0.25, -0.2) is 19.6 Å². The van der Waals surface area contributed by atoms with Crippen LogP contribution in [0.5, 0.6) is 0 Å². The fraction of sp³-hybridized carbons (Fsp3) is 0.600. The summed E-state index contributed by atoms with van der Waals surface area (Å²) >= 11 is 5.37. The van der Waals surface area contributed by atoms with E-state index in [4.69, 9.17) is 22.7 Å². The minimum Gasteiger partial charge on any atom is -0.480 e. The summed E-state index contributed by atoms with van der Waals surface area (Å²) < 4.78 is 5.59. The minimum absolute atomic E-state index is 0.0314. The summed E-state index contributed by atoms with van der Waals surface area (Å²) in [6, 6.07) is 4.76. The third kappa shape index (κ3) is 6.23. The van der Waals surface area contributed by atoms with Gasteiger partial charge in [0.15, 0.2) is 5.11 Å². The molecule has 13 nitrogen and oxygen atoms in total. The van der Waals surface area contributed by atoms with Crippen LogP contribution in [0.4, 0.5) is 4.79 Å². The Morgan fingerprint density at radius 2 is 1.86 bits per heavy atom. The number of carboxylic acid groups (broad SMARTS) is 1. The van der Waals surface area contributed by atoms with Crippen LogP contribution in [0.3, 0.4) is 0 Å². The molecule has 1 aromatic heterocycles. The Morgan fingerprint density at radius 1 is 1.20 bits per heavy atom. The van der Waals surface area contributed by atoms with E-state index in [0.29, 0.717) is 30.0 Å². The van der Waals surface area contributed by atoms with Crippen LogP contribution in [0.1, 0.15) is 57.7 Å². The molecular formula is C30H39N7O6S. The third-order valence-electron chi connectivity index (χ3n) is 9.65. The van der Waals surface area contributed by atoms with Crippen molar-refractivity contribution in [1.29, 1.82) is 0 Å². The van der Waals surface area contributed by atoms with E-state index in [1.54, 1.807) is 0 Å². The highest BCUT2D eigenvalue weighted by Gasteiger charge is 2.51. The Balaban J connectivity index is 1.05. The van der Waals surface area contributed by atoms with Crippen LogP contribution in [0.15, 0.2) is 24.3 Å². The van der Waals surface area contributed by atoms with E-state index >= 15 is 0 Å². The SMILES string of the molecule is CC(=O)N(C[C@H](NC(=O)OCC12CC3CC(CC(C3)C1)C2)C(=O)O)N1C(=O)[C@H](CC(N)Cc2nc3ccccc3[nH]2)NC1=S. The van der Waals surface area contributed by atoms with Crippen molar-refractivity contribution in [2.24, 2.45) is 28.9 Å². The molecule has 1 aliphatic heterocycles. The first kappa shape index (κ1) is 30.3. The van der Waals surface area contributed by atoms with Crippen molar-refractivity contribution in [1.82, 2.24) is 30.6 Å². The lowest BCUT2D eigenvalue weighted by Crippen LogP contribution is -2.57. The monoisotopic (exact) mass is 625 g/mol. The molecule has 1 unspecified atom stereocenters. The highest BCUT2D eigenvalue weighted by atomic mass is 32.1. The van der Waals surface area contributed by atoms with Gasteiger partial charge < -0.3 is 31.2 Å². The largest absolute Gasteiger partial charge is 0.480 e. The van der Waals surface area contributed by atoms with Gasteiger partial charge >= 0.3 is 12.1 Å². The molecule has 2 heterocycles. The zero-order valence-corrected chi connectivity index (χ0v) is 25.5. The summed E-state index contributed by atoms with van der Waals surface area (Å²) in [5.41, 5.74) is 8.02. The number of H-pyrrole nitrogens is 1. The molecule has 1 saturated heterocycles. The van der Waals surface area contributed by atoms with E-state index in [9.17, 15) is 24.3 Å². The highest BCUT2D eigenvalue weighted by molar-refractivity contribution is 7.80. The van der Waals surface area contributed by atoms with Crippen LogP contribution in [0.25, 0.3) is 11.0 Å². The highest BCUT2D eigenvalue weighted by Crippen LogP contribution is 2.60. The number of thiocarbonyl (C=S) groups is 1. The Kier molecular flexibility index (Phi) is 8.22. The average molecular weight is 626 g/mol. The quantitative estimate of drug-likeness (QED) is 0.232. The van der Waals surface area contributed by atoms with Crippen molar-refractivity contribution in [2.45, 2.75) is 76.4 Å². The Hall–Kier alpha value is -3.78. The summed E-state index contributed by atoms with van der Waals surface area (Å²) in [6.07, 6.45) is 6.59. The number of rotatable bonds is 11.